The van der Waals surface area contributed by atoms with Crippen molar-refractivity contribution in [2.75, 3.05) is 0 Å². The first-order valence-corrected chi connectivity index (χ1v) is 21.1. The number of carbonyl (C=O) groups is 1. The van der Waals surface area contributed by atoms with Crippen LogP contribution < -0.4 is 0 Å². The maximum Gasteiger partial charge on any atom is 0.306 e. The summed E-state index contributed by atoms with van der Waals surface area (Å²) in [5, 5.41) is 0. The average molecular weight is 651 g/mol. The standard InChI is InChI=1S/C45H78O2/c1-10-11-12-13-14-15-16-17-18-19-20-21-22-39(46)47-38-27-29-43(7)36(41(38,4)5)26-30-45(9)37(43)24-23-35-40-34(33(2)3)25-28-42(40,6)31-32-44(35,45)8/h34-38,40H,2,10-32H2,1,3-9H3/t34-,35+,36-,37+,38-,40+,42+,43-,44+,45+/m0/s1. The summed E-state index contributed by atoms with van der Waals surface area (Å²) in [6, 6.07) is 0. The van der Waals surface area contributed by atoms with E-state index in [1.54, 1.807) is 0 Å². The molecule has 0 aromatic heterocycles. The van der Waals surface area contributed by atoms with E-state index >= 15 is 0 Å². The lowest BCUT2D eigenvalue weighted by Gasteiger charge is -2.73. The molecule has 5 saturated carbocycles. The first kappa shape index (κ1) is 37.5. The molecule has 0 spiro atoms. The van der Waals surface area contributed by atoms with Gasteiger partial charge in [-0.25, -0.2) is 0 Å². The molecule has 0 unspecified atom stereocenters. The van der Waals surface area contributed by atoms with E-state index in [0.29, 0.717) is 34.0 Å². The van der Waals surface area contributed by atoms with Crippen molar-refractivity contribution in [1.29, 1.82) is 0 Å². The summed E-state index contributed by atoms with van der Waals surface area (Å²) >= 11 is 0. The van der Waals surface area contributed by atoms with Crippen LogP contribution in [0.4, 0.5) is 0 Å². The van der Waals surface area contributed by atoms with Crippen LogP contribution in [0.2, 0.25) is 0 Å². The monoisotopic (exact) mass is 651 g/mol. The molecule has 47 heavy (non-hydrogen) atoms. The Hall–Kier alpha value is -0.790. The highest BCUT2D eigenvalue weighted by atomic mass is 16.5. The van der Waals surface area contributed by atoms with Crippen molar-refractivity contribution in [2.24, 2.45) is 56.7 Å². The fraction of sp³-hybridized carbons (Fsp3) is 0.933. The van der Waals surface area contributed by atoms with Gasteiger partial charge in [0, 0.05) is 11.8 Å². The molecule has 0 radical (unpaired) electrons. The molecule has 0 aliphatic heterocycles. The highest BCUT2D eigenvalue weighted by Gasteiger charge is 2.70. The number of esters is 1. The molecule has 2 nitrogen and oxygen atoms in total. The highest BCUT2D eigenvalue weighted by Crippen LogP contribution is 2.77. The van der Waals surface area contributed by atoms with Crippen molar-refractivity contribution < 1.29 is 9.53 Å². The second-order valence-corrected chi connectivity index (χ2v) is 19.8. The number of allylic oxidation sites excluding steroid dienone is 1. The van der Waals surface area contributed by atoms with Crippen LogP contribution >= 0.6 is 0 Å². The van der Waals surface area contributed by atoms with Gasteiger partial charge < -0.3 is 4.74 Å². The molecule has 0 bridgehead atoms. The van der Waals surface area contributed by atoms with Gasteiger partial charge in [0.2, 0.25) is 0 Å². The topological polar surface area (TPSA) is 26.3 Å². The molecule has 270 valence electrons. The van der Waals surface area contributed by atoms with Crippen LogP contribution in [-0.4, -0.2) is 12.1 Å². The van der Waals surface area contributed by atoms with Gasteiger partial charge in [-0.3, -0.25) is 4.79 Å². The lowest BCUT2D eigenvalue weighted by Crippen LogP contribution is -2.66. The van der Waals surface area contributed by atoms with Crippen LogP contribution in [-0.2, 0) is 9.53 Å². The number of carbonyl (C=O) groups excluding carboxylic acids is 1. The van der Waals surface area contributed by atoms with Crippen molar-refractivity contribution in [3.63, 3.8) is 0 Å². The molecule has 0 saturated heterocycles. The molecule has 0 amide bonds. The van der Waals surface area contributed by atoms with Gasteiger partial charge in [0.05, 0.1) is 0 Å². The van der Waals surface area contributed by atoms with Gasteiger partial charge >= 0.3 is 5.97 Å². The van der Waals surface area contributed by atoms with Crippen molar-refractivity contribution >= 4 is 5.97 Å². The zero-order valence-electron chi connectivity index (χ0n) is 32.8. The summed E-state index contributed by atoms with van der Waals surface area (Å²) < 4.78 is 6.41. The summed E-state index contributed by atoms with van der Waals surface area (Å²) in [7, 11) is 0. The molecule has 0 aromatic carbocycles. The van der Waals surface area contributed by atoms with Crippen molar-refractivity contribution in [3.8, 4) is 0 Å². The van der Waals surface area contributed by atoms with Crippen LogP contribution in [0, 0.1) is 56.7 Å². The first-order valence-electron chi connectivity index (χ1n) is 21.1. The van der Waals surface area contributed by atoms with E-state index in [-0.39, 0.29) is 17.5 Å². The SMILES string of the molecule is C=C(C)[C@@H]1CC[C@]2(C)CC[C@]3(C)[C@H](CC[C@@H]4[C@@]5(C)CC[C@H](OC(=O)CCCCCCCCCCCCCC)C(C)(C)[C@@H]5CC[C@]43C)[C@@H]12. The molecule has 5 fully saturated rings. The Morgan fingerprint density at radius 1 is 0.660 bits per heavy atom. The number of hydrogen-bond donors (Lipinski definition) is 0. The van der Waals surface area contributed by atoms with Crippen LogP contribution in [0.25, 0.3) is 0 Å². The Kier molecular flexibility index (Phi) is 11.8. The molecule has 0 N–H and O–H groups in total. The van der Waals surface area contributed by atoms with Gasteiger partial charge in [-0.15, -0.1) is 0 Å². The maximum absolute atomic E-state index is 13.2. The Bertz CT molecular complexity index is 1070. The molecule has 5 rings (SSSR count). The van der Waals surface area contributed by atoms with Crippen molar-refractivity contribution in [1.82, 2.24) is 0 Å². The van der Waals surface area contributed by atoms with E-state index < -0.39 is 0 Å². The molecular formula is C45H78O2. The van der Waals surface area contributed by atoms with Crippen LogP contribution in [0.15, 0.2) is 12.2 Å². The summed E-state index contributed by atoms with van der Waals surface area (Å²) in [4.78, 5) is 13.2. The molecule has 2 heteroatoms. The number of rotatable bonds is 15. The predicted octanol–water partition coefficient (Wildman–Crippen LogP) is 13.7. The van der Waals surface area contributed by atoms with E-state index in [9.17, 15) is 4.79 Å². The van der Waals surface area contributed by atoms with E-state index in [4.69, 9.17) is 4.74 Å². The molecule has 5 aliphatic rings. The Balaban J connectivity index is 1.13. The van der Waals surface area contributed by atoms with E-state index in [1.165, 1.54) is 134 Å². The summed E-state index contributed by atoms with van der Waals surface area (Å²) in [5.74, 6) is 3.89. The van der Waals surface area contributed by atoms with Gasteiger partial charge in [-0.05, 0) is 129 Å². The lowest BCUT2D eigenvalue weighted by atomic mass is 9.32. The molecular weight excluding hydrogens is 572 g/mol. The lowest BCUT2D eigenvalue weighted by molar-refractivity contribution is -0.249. The maximum atomic E-state index is 13.2. The summed E-state index contributed by atoms with van der Waals surface area (Å²) in [6.07, 6.45) is 30.0. The third kappa shape index (κ3) is 6.95. The van der Waals surface area contributed by atoms with E-state index in [0.717, 1.165) is 36.5 Å². The highest BCUT2D eigenvalue weighted by molar-refractivity contribution is 5.69. The number of hydrogen-bond acceptors (Lipinski definition) is 2. The van der Waals surface area contributed by atoms with Crippen molar-refractivity contribution in [2.45, 2.75) is 209 Å². The molecule has 0 aromatic rings. The minimum Gasteiger partial charge on any atom is -0.462 e. The largest absolute Gasteiger partial charge is 0.462 e. The van der Waals surface area contributed by atoms with Crippen LogP contribution in [0.1, 0.15) is 203 Å². The number of unbranched alkanes of at least 4 members (excludes halogenated alkanes) is 11. The Morgan fingerprint density at radius 3 is 1.89 bits per heavy atom. The second kappa shape index (κ2) is 14.8. The second-order valence-electron chi connectivity index (χ2n) is 19.8. The van der Waals surface area contributed by atoms with Gasteiger partial charge in [0.15, 0.2) is 0 Å². The van der Waals surface area contributed by atoms with Crippen molar-refractivity contribution in [3.05, 3.63) is 12.2 Å². The van der Waals surface area contributed by atoms with E-state index in [1.807, 2.05) is 0 Å². The molecule has 0 heterocycles. The Morgan fingerprint density at radius 2 is 1.28 bits per heavy atom. The smallest absolute Gasteiger partial charge is 0.306 e. The average Bonchev–Trinajstić information content (AvgIpc) is 3.37. The minimum atomic E-state index is 0.0416. The van der Waals surface area contributed by atoms with Gasteiger partial charge in [-0.1, -0.05) is 131 Å². The zero-order valence-corrected chi connectivity index (χ0v) is 32.8. The first-order chi connectivity index (χ1) is 22.2. The Labute approximate surface area is 292 Å². The number of fused-ring (bicyclic) bond motifs is 7. The third-order valence-electron chi connectivity index (χ3n) is 16.9. The fourth-order valence-corrected chi connectivity index (χ4v) is 14.0. The van der Waals surface area contributed by atoms with Gasteiger partial charge in [0.25, 0.3) is 0 Å². The summed E-state index contributed by atoms with van der Waals surface area (Å²) in [5.41, 5.74) is 3.19. The third-order valence-corrected chi connectivity index (χ3v) is 16.9. The van der Waals surface area contributed by atoms with Crippen LogP contribution in [0.3, 0.4) is 0 Å². The van der Waals surface area contributed by atoms with Crippen LogP contribution in [0.5, 0.6) is 0 Å². The minimum absolute atomic E-state index is 0.0416. The van der Waals surface area contributed by atoms with E-state index in [2.05, 4.69) is 62.0 Å². The zero-order chi connectivity index (χ0) is 34.1. The van der Waals surface area contributed by atoms with Gasteiger partial charge in [0.1, 0.15) is 6.10 Å². The van der Waals surface area contributed by atoms with Gasteiger partial charge in [-0.2, -0.15) is 0 Å². The fourth-order valence-electron chi connectivity index (χ4n) is 14.0. The molecule has 5 aliphatic carbocycles. The molecule has 10 atom stereocenters. The quantitative estimate of drug-likeness (QED) is 0.100. The number of ether oxygens (including phenoxy) is 1. The normalized spacial score (nSPS) is 42.1. The predicted molar refractivity (Wildman–Crippen MR) is 200 cm³/mol. The summed E-state index contributed by atoms with van der Waals surface area (Å²) in [6.45, 7) is 24.9.